The van der Waals surface area contributed by atoms with Gasteiger partial charge in [-0.05, 0) is 60.7 Å². The lowest BCUT2D eigenvalue weighted by atomic mass is 9.89. The van der Waals surface area contributed by atoms with Gasteiger partial charge < -0.3 is 14.7 Å². The molecule has 7 nitrogen and oxygen atoms in total. The molecule has 9 heteroatoms. The molecule has 0 bridgehead atoms. The van der Waals surface area contributed by atoms with Crippen LogP contribution in [0.5, 0.6) is 5.75 Å². The first-order valence-corrected chi connectivity index (χ1v) is 13.4. The Hall–Kier alpha value is -3.81. The van der Waals surface area contributed by atoms with Crippen LogP contribution in [0.15, 0.2) is 72.8 Å². The van der Waals surface area contributed by atoms with Gasteiger partial charge in [0.2, 0.25) is 0 Å². The van der Waals surface area contributed by atoms with E-state index in [1.807, 2.05) is 24.3 Å². The topological polar surface area (TPSA) is 84.7 Å². The smallest absolute Gasteiger partial charge is 0.307 e. The number of aromatic nitrogens is 2. The van der Waals surface area contributed by atoms with Crippen LogP contribution < -0.4 is 4.74 Å². The molecule has 4 aromatic rings. The maximum atomic E-state index is 13.9. The number of hydrogen-bond donors (Lipinski definition) is 1. The average Bonchev–Trinajstić information content (AvgIpc) is 3.31. The Morgan fingerprint density at radius 2 is 1.72 bits per heavy atom. The summed E-state index contributed by atoms with van der Waals surface area (Å²) < 4.78 is 6.94. The number of methoxy groups -OCH3 is 1. The summed E-state index contributed by atoms with van der Waals surface area (Å²) in [5.74, 6) is -0.247. The molecule has 0 spiro atoms. The number of rotatable bonds is 7. The fraction of sp³-hybridized carbons (Fsp3) is 0.233. The number of carbonyl (C=O) groups excluding carboxylic acids is 1. The molecule has 1 amide bonds. The first kappa shape index (κ1) is 26.8. The Labute approximate surface area is 236 Å². The van der Waals surface area contributed by atoms with E-state index in [-0.39, 0.29) is 18.0 Å². The van der Waals surface area contributed by atoms with Crippen molar-refractivity contribution in [3.63, 3.8) is 0 Å². The molecule has 1 saturated heterocycles. The molecule has 1 fully saturated rings. The molecule has 1 aliphatic rings. The Morgan fingerprint density at radius 1 is 1.00 bits per heavy atom. The predicted molar refractivity (Wildman–Crippen MR) is 151 cm³/mol. The van der Waals surface area contributed by atoms with Gasteiger partial charge in [-0.25, -0.2) is 4.68 Å². The third-order valence-electron chi connectivity index (χ3n) is 7.06. The van der Waals surface area contributed by atoms with Gasteiger partial charge in [-0.2, -0.15) is 5.10 Å². The van der Waals surface area contributed by atoms with E-state index in [0.717, 1.165) is 18.6 Å². The van der Waals surface area contributed by atoms with Crippen molar-refractivity contribution in [1.29, 1.82) is 0 Å². The number of carboxylic acid groups (broad SMARTS) is 1. The predicted octanol–water partition coefficient (Wildman–Crippen LogP) is 6.50. The summed E-state index contributed by atoms with van der Waals surface area (Å²) >= 11 is 12.7. The molecular weight excluding hydrogens is 537 g/mol. The van der Waals surface area contributed by atoms with Gasteiger partial charge in [0.05, 0.1) is 29.9 Å². The summed E-state index contributed by atoms with van der Waals surface area (Å²) in [6.07, 6.45) is 1.19. The third-order valence-corrected chi connectivity index (χ3v) is 7.63. The Kier molecular flexibility index (Phi) is 7.91. The van der Waals surface area contributed by atoms with Crippen molar-refractivity contribution in [2.24, 2.45) is 0 Å². The molecule has 0 radical (unpaired) electrons. The SMILES string of the molecule is COc1cccc(C2CCN(C(=O)c3nn(-c4ccccc4Cl)c(-c4ccc(Cl)cc4)c3CC(=O)O)CC2)c1. The van der Waals surface area contributed by atoms with Crippen molar-refractivity contribution >= 4 is 35.1 Å². The largest absolute Gasteiger partial charge is 0.497 e. The van der Waals surface area contributed by atoms with E-state index >= 15 is 0 Å². The summed E-state index contributed by atoms with van der Waals surface area (Å²) in [5, 5.41) is 15.5. The Bertz CT molecular complexity index is 1510. The number of amides is 1. The van der Waals surface area contributed by atoms with Crippen molar-refractivity contribution in [1.82, 2.24) is 14.7 Å². The van der Waals surface area contributed by atoms with Gasteiger partial charge in [0, 0.05) is 29.2 Å². The standard InChI is InChI=1S/C30H27Cl2N3O4/c1-39-23-6-4-5-21(17-23)19-13-15-34(16-14-19)30(38)28-24(18-27(36)37)29(20-9-11-22(31)12-10-20)35(33-28)26-8-3-2-7-25(26)32/h2-12,17,19H,13-16,18H2,1H3,(H,36,37). The molecule has 1 aromatic heterocycles. The number of hydrogen-bond acceptors (Lipinski definition) is 4. The number of carbonyl (C=O) groups is 2. The van der Waals surface area contributed by atoms with Crippen LogP contribution in [-0.2, 0) is 11.2 Å². The molecule has 1 N–H and O–H groups in total. The molecule has 0 saturated carbocycles. The minimum absolute atomic E-state index is 0.113. The lowest BCUT2D eigenvalue weighted by molar-refractivity contribution is -0.136. The summed E-state index contributed by atoms with van der Waals surface area (Å²) in [7, 11) is 1.65. The molecule has 2 heterocycles. The number of likely N-dealkylation sites (tertiary alicyclic amines) is 1. The number of ether oxygens (including phenoxy) is 1. The summed E-state index contributed by atoms with van der Waals surface area (Å²) in [6, 6.07) is 22.1. The molecule has 0 unspecified atom stereocenters. The number of para-hydroxylation sites is 1. The van der Waals surface area contributed by atoms with Crippen LogP contribution in [-0.4, -0.2) is 51.9 Å². The average molecular weight is 564 g/mol. The fourth-order valence-corrected chi connectivity index (χ4v) is 5.45. The molecule has 5 rings (SSSR count). The monoisotopic (exact) mass is 563 g/mol. The van der Waals surface area contributed by atoms with Crippen LogP contribution >= 0.6 is 23.2 Å². The number of piperidine rings is 1. The van der Waals surface area contributed by atoms with E-state index in [2.05, 4.69) is 6.07 Å². The second-order valence-electron chi connectivity index (χ2n) is 9.46. The van der Waals surface area contributed by atoms with Crippen LogP contribution in [0.3, 0.4) is 0 Å². The number of aliphatic carboxylic acids is 1. The normalized spacial score (nSPS) is 13.9. The number of benzene rings is 3. The van der Waals surface area contributed by atoms with E-state index < -0.39 is 5.97 Å². The highest BCUT2D eigenvalue weighted by atomic mass is 35.5. The Balaban J connectivity index is 1.53. The summed E-state index contributed by atoms with van der Waals surface area (Å²) in [5.41, 5.74) is 3.36. The minimum atomic E-state index is -1.06. The number of carboxylic acids is 1. The molecule has 1 aliphatic heterocycles. The zero-order valence-electron chi connectivity index (χ0n) is 21.3. The lowest BCUT2D eigenvalue weighted by Gasteiger charge is -2.32. The zero-order valence-corrected chi connectivity index (χ0v) is 22.8. The molecule has 39 heavy (non-hydrogen) atoms. The highest BCUT2D eigenvalue weighted by Gasteiger charge is 2.32. The van der Waals surface area contributed by atoms with Crippen LogP contribution in [0.4, 0.5) is 0 Å². The minimum Gasteiger partial charge on any atom is -0.497 e. The second-order valence-corrected chi connectivity index (χ2v) is 10.3. The highest BCUT2D eigenvalue weighted by molar-refractivity contribution is 6.32. The van der Waals surface area contributed by atoms with Gasteiger partial charge in [-0.15, -0.1) is 0 Å². The molecular formula is C30H27Cl2N3O4. The first-order valence-electron chi connectivity index (χ1n) is 12.6. The zero-order chi connectivity index (χ0) is 27.5. The maximum absolute atomic E-state index is 13.9. The molecule has 0 atom stereocenters. The van der Waals surface area contributed by atoms with Crippen LogP contribution in [0.1, 0.15) is 40.4 Å². The van der Waals surface area contributed by atoms with Crippen LogP contribution in [0, 0.1) is 0 Å². The third kappa shape index (κ3) is 5.65. The molecule has 3 aromatic carbocycles. The molecule has 200 valence electrons. The second kappa shape index (κ2) is 11.5. The lowest BCUT2D eigenvalue weighted by Crippen LogP contribution is -2.38. The van der Waals surface area contributed by atoms with E-state index in [4.69, 9.17) is 33.0 Å². The van der Waals surface area contributed by atoms with Crippen molar-refractivity contribution < 1.29 is 19.4 Å². The van der Waals surface area contributed by atoms with E-state index in [0.29, 0.717) is 51.6 Å². The summed E-state index contributed by atoms with van der Waals surface area (Å²) in [6.45, 7) is 1.06. The highest BCUT2D eigenvalue weighted by Crippen LogP contribution is 2.35. The van der Waals surface area contributed by atoms with E-state index in [1.165, 1.54) is 5.56 Å². The summed E-state index contributed by atoms with van der Waals surface area (Å²) in [4.78, 5) is 27.7. The van der Waals surface area contributed by atoms with Crippen LogP contribution in [0.25, 0.3) is 16.9 Å². The van der Waals surface area contributed by atoms with Gasteiger partial charge in [-0.1, -0.05) is 59.6 Å². The van der Waals surface area contributed by atoms with Crippen molar-refractivity contribution in [2.75, 3.05) is 20.2 Å². The maximum Gasteiger partial charge on any atom is 0.307 e. The number of halogens is 2. The van der Waals surface area contributed by atoms with Gasteiger partial charge in [-0.3, -0.25) is 9.59 Å². The van der Waals surface area contributed by atoms with Crippen LogP contribution in [0.2, 0.25) is 10.0 Å². The van der Waals surface area contributed by atoms with Crippen molar-refractivity contribution in [3.8, 4) is 22.7 Å². The van der Waals surface area contributed by atoms with Crippen molar-refractivity contribution in [2.45, 2.75) is 25.2 Å². The van der Waals surface area contributed by atoms with Gasteiger partial charge >= 0.3 is 5.97 Å². The number of nitrogens with zero attached hydrogens (tertiary/aromatic N) is 3. The molecule has 0 aliphatic carbocycles. The fourth-order valence-electron chi connectivity index (χ4n) is 5.10. The Morgan fingerprint density at radius 3 is 2.38 bits per heavy atom. The quantitative estimate of drug-likeness (QED) is 0.277. The van der Waals surface area contributed by atoms with Crippen molar-refractivity contribution in [3.05, 3.63) is 99.7 Å². The first-order chi connectivity index (χ1) is 18.9. The van der Waals surface area contributed by atoms with Gasteiger partial charge in [0.25, 0.3) is 5.91 Å². The van der Waals surface area contributed by atoms with E-state index in [1.54, 1.807) is 59.2 Å². The van der Waals surface area contributed by atoms with Gasteiger partial charge in [0.15, 0.2) is 5.69 Å². The van der Waals surface area contributed by atoms with E-state index in [9.17, 15) is 14.7 Å². The van der Waals surface area contributed by atoms with Gasteiger partial charge in [0.1, 0.15) is 5.75 Å².